The molecule has 2 atom stereocenters. The Bertz CT molecular complexity index is 533. The Morgan fingerprint density at radius 1 is 1.14 bits per heavy atom. The molecule has 1 aromatic rings. The van der Waals surface area contributed by atoms with Crippen LogP contribution in [0.3, 0.4) is 0 Å². The third kappa shape index (κ3) is 3.83. The van der Waals surface area contributed by atoms with E-state index in [-0.39, 0.29) is 23.9 Å². The van der Waals surface area contributed by atoms with E-state index in [0.29, 0.717) is 6.04 Å². The molecule has 0 saturated heterocycles. The van der Waals surface area contributed by atoms with Gasteiger partial charge in [-0.15, -0.1) is 0 Å². The van der Waals surface area contributed by atoms with E-state index in [0.717, 1.165) is 25.3 Å². The molecule has 1 saturated carbocycles. The van der Waals surface area contributed by atoms with Crippen molar-refractivity contribution < 1.29 is 13.6 Å². The van der Waals surface area contributed by atoms with Crippen LogP contribution in [0, 0.1) is 11.6 Å². The molecule has 1 fully saturated rings. The van der Waals surface area contributed by atoms with Gasteiger partial charge in [-0.25, -0.2) is 8.78 Å². The van der Waals surface area contributed by atoms with Crippen molar-refractivity contribution in [2.24, 2.45) is 0 Å². The van der Waals surface area contributed by atoms with E-state index in [4.69, 9.17) is 0 Å². The average molecular weight is 310 g/mol. The molecule has 1 aromatic carbocycles. The van der Waals surface area contributed by atoms with Crippen LogP contribution in [-0.2, 0) is 11.2 Å². The number of carbonyl (C=O) groups is 1. The van der Waals surface area contributed by atoms with Crippen LogP contribution < -0.4 is 0 Å². The topological polar surface area (TPSA) is 23.6 Å². The molecular weight excluding hydrogens is 286 g/mol. The van der Waals surface area contributed by atoms with E-state index in [1.807, 2.05) is 14.1 Å². The minimum absolute atomic E-state index is 0.0285. The molecule has 5 heteroatoms. The third-order valence-corrected chi connectivity index (χ3v) is 4.60. The SMILES string of the molecule is CN(C)[C@@H]1CCCC[C@H]1N(C)C(=O)Cc1ccc(F)cc1F. The minimum atomic E-state index is -0.658. The van der Waals surface area contributed by atoms with Gasteiger partial charge < -0.3 is 9.80 Å². The van der Waals surface area contributed by atoms with Crippen molar-refractivity contribution in [1.29, 1.82) is 0 Å². The van der Waals surface area contributed by atoms with E-state index in [1.165, 1.54) is 18.6 Å². The number of rotatable bonds is 4. The van der Waals surface area contributed by atoms with Gasteiger partial charge in [0.25, 0.3) is 0 Å². The van der Waals surface area contributed by atoms with Gasteiger partial charge >= 0.3 is 0 Å². The molecule has 0 spiro atoms. The smallest absolute Gasteiger partial charge is 0.227 e. The number of benzene rings is 1. The summed E-state index contributed by atoms with van der Waals surface area (Å²) in [7, 11) is 5.85. The van der Waals surface area contributed by atoms with Crippen LogP contribution in [0.5, 0.6) is 0 Å². The molecule has 22 heavy (non-hydrogen) atoms. The molecule has 0 unspecified atom stereocenters. The van der Waals surface area contributed by atoms with E-state index in [9.17, 15) is 13.6 Å². The lowest BCUT2D eigenvalue weighted by Gasteiger charge is -2.41. The molecule has 0 radical (unpaired) electrons. The monoisotopic (exact) mass is 310 g/mol. The van der Waals surface area contributed by atoms with Gasteiger partial charge in [-0.2, -0.15) is 0 Å². The van der Waals surface area contributed by atoms with Gasteiger partial charge in [0, 0.05) is 25.2 Å². The molecule has 0 bridgehead atoms. The van der Waals surface area contributed by atoms with Crippen LogP contribution in [-0.4, -0.2) is 48.9 Å². The van der Waals surface area contributed by atoms with Crippen molar-refractivity contribution >= 4 is 5.91 Å². The number of hydrogen-bond acceptors (Lipinski definition) is 2. The first-order chi connectivity index (χ1) is 10.4. The highest BCUT2D eigenvalue weighted by atomic mass is 19.1. The second kappa shape index (κ2) is 7.18. The van der Waals surface area contributed by atoms with Gasteiger partial charge in [0.2, 0.25) is 5.91 Å². The van der Waals surface area contributed by atoms with Crippen LogP contribution >= 0.6 is 0 Å². The first-order valence-corrected chi connectivity index (χ1v) is 7.76. The van der Waals surface area contributed by atoms with Gasteiger partial charge in [0.1, 0.15) is 11.6 Å². The zero-order valence-corrected chi connectivity index (χ0v) is 13.5. The van der Waals surface area contributed by atoms with E-state index in [2.05, 4.69) is 4.90 Å². The quantitative estimate of drug-likeness (QED) is 0.854. The molecule has 1 amide bonds. The standard InChI is InChI=1S/C17H24F2N2O/c1-20(2)15-6-4-5-7-16(15)21(3)17(22)10-12-8-9-13(18)11-14(12)19/h8-9,11,15-16H,4-7,10H2,1-3H3/t15-,16-/m1/s1. The number of nitrogens with zero attached hydrogens (tertiary/aromatic N) is 2. The zero-order valence-electron chi connectivity index (χ0n) is 13.5. The predicted octanol–water partition coefficient (Wildman–Crippen LogP) is 2.84. The Balaban J connectivity index is 2.07. The Kier molecular flexibility index (Phi) is 5.51. The van der Waals surface area contributed by atoms with Crippen LogP contribution in [0.4, 0.5) is 8.78 Å². The number of hydrogen-bond donors (Lipinski definition) is 0. The first-order valence-electron chi connectivity index (χ1n) is 7.76. The fraction of sp³-hybridized carbons (Fsp3) is 0.588. The summed E-state index contributed by atoms with van der Waals surface area (Å²) in [6.07, 6.45) is 4.29. The van der Waals surface area contributed by atoms with Crippen molar-refractivity contribution in [3.63, 3.8) is 0 Å². The van der Waals surface area contributed by atoms with Crippen LogP contribution in [0.15, 0.2) is 18.2 Å². The lowest BCUT2D eigenvalue weighted by molar-refractivity contribution is -0.133. The summed E-state index contributed by atoms with van der Waals surface area (Å²) in [4.78, 5) is 16.4. The van der Waals surface area contributed by atoms with Gasteiger partial charge in [-0.1, -0.05) is 18.9 Å². The molecule has 0 N–H and O–H groups in total. The average Bonchev–Trinajstić information content (AvgIpc) is 2.49. The summed E-state index contributed by atoms with van der Waals surface area (Å²) in [6, 6.07) is 3.85. The lowest BCUT2D eigenvalue weighted by Crippen LogP contribution is -2.52. The van der Waals surface area contributed by atoms with Gasteiger partial charge in [0.15, 0.2) is 0 Å². The number of likely N-dealkylation sites (N-methyl/N-ethyl adjacent to an activating group) is 2. The Hall–Kier alpha value is -1.49. The molecular formula is C17H24F2N2O. The van der Waals surface area contributed by atoms with Crippen molar-refractivity contribution in [2.45, 2.75) is 44.2 Å². The second-order valence-corrected chi connectivity index (χ2v) is 6.30. The fourth-order valence-corrected chi connectivity index (χ4v) is 3.28. The largest absolute Gasteiger partial charge is 0.341 e. The van der Waals surface area contributed by atoms with Crippen molar-refractivity contribution in [3.05, 3.63) is 35.4 Å². The Morgan fingerprint density at radius 3 is 2.36 bits per heavy atom. The molecule has 1 aliphatic rings. The minimum Gasteiger partial charge on any atom is -0.341 e. The molecule has 3 nitrogen and oxygen atoms in total. The van der Waals surface area contributed by atoms with Crippen molar-refractivity contribution in [2.75, 3.05) is 21.1 Å². The molecule has 0 aromatic heterocycles. The summed E-state index contributed by atoms with van der Waals surface area (Å²) >= 11 is 0. The van der Waals surface area contributed by atoms with Crippen LogP contribution in [0.1, 0.15) is 31.2 Å². The van der Waals surface area contributed by atoms with Crippen molar-refractivity contribution in [1.82, 2.24) is 9.80 Å². The molecule has 122 valence electrons. The maximum Gasteiger partial charge on any atom is 0.227 e. The zero-order chi connectivity index (χ0) is 16.3. The number of halogens is 2. The summed E-state index contributed by atoms with van der Waals surface area (Å²) in [5.41, 5.74) is 0.246. The fourth-order valence-electron chi connectivity index (χ4n) is 3.28. The Morgan fingerprint density at radius 2 is 1.77 bits per heavy atom. The highest BCUT2D eigenvalue weighted by molar-refractivity contribution is 5.79. The summed E-state index contributed by atoms with van der Waals surface area (Å²) < 4.78 is 26.6. The number of carbonyl (C=O) groups excluding carboxylic acids is 1. The molecule has 2 rings (SSSR count). The van der Waals surface area contributed by atoms with Gasteiger partial charge in [-0.05, 0) is 38.6 Å². The lowest BCUT2D eigenvalue weighted by atomic mass is 9.88. The number of amides is 1. The molecule has 0 heterocycles. The normalized spacial score (nSPS) is 21.9. The highest BCUT2D eigenvalue weighted by Crippen LogP contribution is 2.26. The highest BCUT2D eigenvalue weighted by Gasteiger charge is 2.32. The van der Waals surface area contributed by atoms with E-state index in [1.54, 1.807) is 11.9 Å². The van der Waals surface area contributed by atoms with Crippen LogP contribution in [0.2, 0.25) is 0 Å². The molecule has 0 aliphatic heterocycles. The Labute approximate surface area is 130 Å². The van der Waals surface area contributed by atoms with E-state index >= 15 is 0 Å². The van der Waals surface area contributed by atoms with E-state index < -0.39 is 11.6 Å². The summed E-state index contributed by atoms with van der Waals surface area (Å²) in [6.45, 7) is 0. The predicted molar refractivity (Wildman–Crippen MR) is 82.6 cm³/mol. The third-order valence-electron chi connectivity index (χ3n) is 4.60. The second-order valence-electron chi connectivity index (χ2n) is 6.30. The van der Waals surface area contributed by atoms with Gasteiger partial charge in [-0.3, -0.25) is 4.79 Å². The maximum atomic E-state index is 13.7. The first kappa shape index (κ1) is 16.9. The maximum absolute atomic E-state index is 13.7. The summed E-state index contributed by atoms with van der Waals surface area (Å²) in [5.74, 6) is -1.40. The molecule has 1 aliphatic carbocycles. The van der Waals surface area contributed by atoms with Crippen LogP contribution in [0.25, 0.3) is 0 Å². The van der Waals surface area contributed by atoms with Gasteiger partial charge in [0.05, 0.1) is 6.42 Å². The van der Waals surface area contributed by atoms with Crippen molar-refractivity contribution in [3.8, 4) is 0 Å². The summed E-state index contributed by atoms with van der Waals surface area (Å²) in [5, 5.41) is 0.